The Morgan fingerprint density at radius 3 is 2.68 bits per heavy atom. The number of ether oxygens (including phenoxy) is 1. The summed E-state index contributed by atoms with van der Waals surface area (Å²) in [6.45, 7) is 5.10. The predicted molar refractivity (Wildman–Crippen MR) is 110 cm³/mol. The van der Waals surface area contributed by atoms with Gasteiger partial charge in [-0.1, -0.05) is 32.0 Å². The van der Waals surface area contributed by atoms with Gasteiger partial charge in [0.1, 0.15) is 11.9 Å². The number of pyridine rings is 2. The number of hydrogen-bond acceptors (Lipinski definition) is 5. The van der Waals surface area contributed by atoms with Gasteiger partial charge in [0.05, 0.1) is 17.8 Å². The molecule has 1 aliphatic rings. The average molecular weight is 374 g/mol. The van der Waals surface area contributed by atoms with Gasteiger partial charge < -0.3 is 10.5 Å². The van der Waals surface area contributed by atoms with Crippen LogP contribution < -0.4 is 15.8 Å². The van der Waals surface area contributed by atoms with E-state index in [0.29, 0.717) is 12.5 Å². The Hall–Kier alpha value is -2.76. The molecule has 0 aliphatic carbocycles. The van der Waals surface area contributed by atoms with E-state index in [1.54, 1.807) is 6.20 Å². The first kappa shape index (κ1) is 18.6. The van der Waals surface area contributed by atoms with Crippen LogP contribution in [0.2, 0.25) is 0 Å². The molecule has 5 nitrogen and oxygen atoms in total. The highest BCUT2D eigenvalue weighted by molar-refractivity contribution is 5.55. The molecule has 2 atom stereocenters. The van der Waals surface area contributed by atoms with Gasteiger partial charge >= 0.3 is 0 Å². The summed E-state index contributed by atoms with van der Waals surface area (Å²) < 4.78 is 6.03. The van der Waals surface area contributed by atoms with Crippen LogP contribution in [0, 0.1) is 5.92 Å². The molecule has 3 heterocycles. The molecule has 2 unspecified atom stereocenters. The molecule has 0 saturated carbocycles. The standard InChI is InChI=1S/C23H26N4O/c1-16(2)10-14-28-19-6-3-5-18(15-19)23(17-8-12-25-13-9-17)20-7-4-11-26-21(20)22(24)27-23/h3-9,11-13,15-16,22,27H,10,14,24H2,1-2H3. The van der Waals surface area contributed by atoms with E-state index in [-0.39, 0.29) is 6.17 Å². The third-order valence-electron chi connectivity index (χ3n) is 5.25. The van der Waals surface area contributed by atoms with Gasteiger partial charge in [0.15, 0.2) is 0 Å². The van der Waals surface area contributed by atoms with Crippen molar-refractivity contribution in [1.29, 1.82) is 0 Å². The maximum Gasteiger partial charge on any atom is 0.119 e. The molecule has 4 rings (SSSR count). The van der Waals surface area contributed by atoms with Gasteiger partial charge in [0.25, 0.3) is 0 Å². The fraction of sp³-hybridized carbons (Fsp3) is 0.304. The molecular weight excluding hydrogens is 348 g/mol. The van der Waals surface area contributed by atoms with Crippen molar-refractivity contribution >= 4 is 0 Å². The third-order valence-corrected chi connectivity index (χ3v) is 5.25. The van der Waals surface area contributed by atoms with Crippen molar-refractivity contribution in [3.05, 3.63) is 89.5 Å². The molecule has 2 aromatic heterocycles. The van der Waals surface area contributed by atoms with E-state index in [1.165, 1.54) is 0 Å². The van der Waals surface area contributed by atoms with E-state index in [4.69, 9.17) is 10.5 Å². The Kier molecular flexibility index (Phi) is 5.11. The third kappa shape index (κ3) is 3.28. The summed E-state index contributed by atoms with van der Waals surface area (Å²) in [5, 5.41) is 3.60. The SMILES string of the molecule is CC(C)CCOc1cccc(C2(c3ccncc3)NC(N)c3ncccc32)c1. The minimum absolute atomic E-state index is 0.352. The van der Waals surface area contributed by atoms with Crippen LogP contribution in [-0.2, 0) is 5.54 Å². The Bertz CT molecular complexity index is 944. The number of fused-ring (bicyclic) bond motifs is 1. The Morgan fingerprint density at radius 1 is 1.07 bits per heavy atom. The number of nitrogens with two attached hydrogens (primary N) is 1. The van der Waals surface area contributed by atoms with Gasteiger partial charge in [-0.05, 0) is 53.8 Å². The smallest absolute Gasteiger partial charge is 0.119 e. The van der Waals surface area contributed by atoms with E-state index >= 15 is 0 Å². The number of rotatable bonds is 6. The lowest BCUT2D eigenvalue weighted by Crippen LogP contribution is -2.42. The summed E-state index contributed by atoms with van der Waals surface area (Å²) in [5.74, 6) is 1.47. The molecule has 3 N–H and O–H groups in total. The molecule has 0 bridgehead atoms. The lowest BCUT2D eigenvalue weighted by Gasteiger charge is -2.32. The molecule has 5 heteroatoms. The summed E-state index contributed by atoms with van der Waals surface area (Å²) in [6.07, 6.45) is 6.07. The molecular formula is C23H26N4O. The van der Waals surface area contributed by atoms with Crippen molar-refractivity contribution in [3.63, 3.8) is 0 Å². The fourth-order valence-electron chi connectivity index (χ4n) is 3.84. The first-order chi connectivity index (χ1) is 13.6. The first-order valence-corrected chi connectivity index (χ1v) is 9.74. The van der Waals surface area contributed by atoms with Gasteiger partial charge in [-0.3, -0.25) is 15.3 Å². The summed E-state index contributed by atoms with van der Waals surface area (Å²) in [6, 6.07) is 16.3. The molecule has 1 aromatic carbocycles. The first-order valence-electron chi connectivity index (χ1n) is 9.74. The van der Waals surface area contributed by atoms with Crippen LogP contribution in [0.3, 0.4) is 0 Å². The monoisotopic (exact) mass is 374 g/mol. The number of aromatic nitrogens is 2. The summed E-state index contributed by atoms with van der Waals surface area (Å²) >= 11 is 0. The van der Waals surface area contributed by atoms with Gasteiger partial charge in [0.2, 0.25) is 0 Å². The Labute approximate surface area is 166 Å². The highest BCUT2D eigenvalue weighted by Gasteiger charge is 2.45. The zero-order valence-electron chi connectivity index (χ0n) is 16.3. The normalized spacial score (nSPS) is 20.9. The van der Waals surface area contributed by atoms with Crippen molar-refractivity contribution in [2.75, 3.05) is 6.61 Å². The molecule has 0 radical (unpaired) electrons. The van der Waals surface area contributed by atoms with Gasteiger partial charge in [-0.15, -0.1) is 0 Å². The molecule has 28 heavy (non-hydrogen) atoms. The summed E-state index contributed by atoms with van der Waals surface area (Å²) in [5.41, 5.74) is 9.91. The predicted octanol–water partition coefficient (Wildman–Crippen LogP) is 3.75. The summed E-state index contributed by atoms with van der Waals surface area (Å²) in [7, 11) is 0. The van der Waals surface area contributed by atoms with Gasteiger partial charge in [-0.2, -0.15) is 0 Å². The zero-order chi connectivity index (χ0) is 19.6. The van der Waals surface area contributed by atoms with E-state index in [9.17, 15) is 0 Å². The second kappa shape index (κ2) is 7.70. The van der Waals surface area contributed by atoms with Crippen LogP contribution in [0.1, 0.15) is 48.8 Å². The largest absolute Gasteiger partial charge is 0.494 e. The van der Waals surface area contributed by atoms with Crippen LogP contribution in [0.15, 0.2) is 67.1 Å². The molecule has 144 valence electrons. The van der Waals surface area contributed by atoms with E-state index in [0.717, 1.165) is 34.6 Å². The Balaban J connectivity index is 1.81. The minimum atomic E-state index is -0.594. The van der Waals surface area contributed by atoms with Crippen molar-refractivity contribution in [1.82, 2.24) is 15.3 Å². The van der Waals surface area contributed by atoms with E-state index in [1.807, 2.05) is 42.7 Å². The minimum Gasteiger partial charge on any atom is -0.494 e. The summed E-state index contributed by atoms with van der Waals surface area (Å²) in [4.78, 5) is 8.74. The number of benzene rings is 1. The van der Waals surface area contributed by atoms with E-state index in [2.05, 4.69) is 47.3 Å². The number of hydrogen-bond donors (Lipinski definition) is 2. The average Bonchev–Trinajstić information content (AvgIpc) is 3.03. The molecule has 3 aromatic rings. The second-order valence-corrected chi connectivity index (χ2v) is 7.60. The van der Waals surface area contributed by atoms with Crippen LogP contribution >= 0.6 is 0 Å². The van der Waals surface area contributed by atoms with Crippen molar-refractivity contribution in [3.8, 4) is 5.75 Å². The molecule has 0 fully saturated rings. The van der Waals surface area contributed by atoms with Crippen LogP contribution in [0.5, 0.6) is 5.75 Å². The van der Waals surface area contributed by atoms with Crippen molar-refractivity contribution < 1.29 is 4.74 Å². The van der Waals surface area contributed by atoms with Crippen LogP contribution in [0.25, 0.3) is 0 Å². The number of nitrogens with one attached hydrogen (secondary N) is 1. The molecule has 0 spiro atoms. The maximum absolute atomic E-state index is 6.43. The molecule has 0 saturated heterocycles. The van der Waals surface area contributed by atoms with Crippen LogP contribution in [-0.4, -0.2) is 16.6 Å². The highest BCUT2D eigenvalue weighted by atomic mass is 16.5. The lowest BCUT2D eigenvalue weighted by atomic mass is 9.79. The van der Waals surface area contributed by atoms with Crippen LogP contribution in [0.4, 0.5) is 0 Å². The fourth-order valence-corrected chi connectivity index (χ4v) is 3.84. The molecule has 1 aliphatic heterocycles. The van der Waals surface area contributed by atoms with Gasteiger partial charge in [0, 0.05) is 24.2 Å². The van der Waals surface area contributed by atoms with E-state index < -0.39 is 5.54 Å². The number of nitrogens with zero attached hydrogens (tertiary/aromatic N) is 2. The maximum atomic E-state index is 6.43. The van der Waals surface area contributed by atoms with Gasteiger partial charge in [-0.25, -0.2) is 0 Å². The second-order valence-electron chi connectivity index (χ2n) is 7.60. The lowest BCUT2D eigenvalue weighted by molar-refractivity contribution is 0.288. The van der Waals surface area contributed by atoms with Crippen molar-refractivity contribution in [2.24, 2.45) is 11.7 Å². The topological polar surface area (TPSA) is 73.1 Å². The zero-order valence-corrected chi connectivity index (χ0v) is 16.3. The quantitative estimate of drug-likeness (QED) is 0.687. The Morgan fingerprint density at radius 2 is 1.89 bits per heavy atom. The molecule has 0 amide bonds. The highest BCUT2D eigenvalue weighted by Crippen LogP contribution is 2.44. The van der Waals surface area contributed by atoms with Crippen molar-refractivity contribution in [2.45, 2.75) is 32.0 Å².